The van der Waals surface area contributed by atoms with Gasteiger partial charge in [-0.15, -0.1) is 11.6 Å². The average Bonchev–Trinajstić information content (AvgIpc) is 2.38. The molecule has 0 aromatic carbocycles. The maximum Gasteiger partial charge on any atom is 0.324 e. The number of carbonyl (C=O) groups excluding carboxylic acids is 3. The van der Waals surface area contributed by atoms with Crippen LogP contribution < -0.4 is 10.6 Å². The number of amides is 4. The molecule has 0 bridgehead atoms. The molecule has 4 amide bonds. The van der Waals surface area contributed by atoms with E-state index in [2.05, 4.69) is 10.6 Å². The highest BCUT2D eigenvalue weighted by Crippen LogP contribution is 2.07. The fraction of sp³-hybridized carbons (Fsp3) is 0.700. The Balaban J connectivity index is 2.62. The lowest BCUT2D eigenvalue weighted by molar-refractivity contribution is -0.130. The van der Waals surface area contributed by atoms with Gasteiger partial charge in [0.15, 0.2) is 0 Å². The molecule has 8 heteroatoms. The van der Waals surface area contributed by atoms with Gasteiger partial charge in [0.1, 0.15) is 6.04 Å². The Morgan fingerprint density at radius 1 is 1.44 bits per heavy atom. The van der Waals surface area contributed by atoms with Gasteiger partial charge in [-0.25, -0.2) is 4.79 Å². The minimum atomic E-state index is -0.715. The number of rotatable bonds is 3. The van der Waals surface area contributed by atoms with Crippen LogP contribution >= 0.6 is 11.6 Å². The summed E-state index contributed by atoms with van der Waals surface area (Å²) >= 11 is 5.40. The lowest BCUT2D eigenvalue weighted by atomic mass is 10.2. The average molecular weight is 278 g/mol. The highest BCUT2D eigenvalue weighted by Gasteiger charge is 2.32. The first-order valence-electron chi connectivity index (χ1n) is 5.56. The topological polar surface area (TPSA) is 87.7 Å². The number of likely N-dealkylation sites (N-methyl/N-ethyl adjacent to an activating group) is 1. The van der Waals surface area contributed by atoms with Crippen molar-refractivity contribution in [3.8, 4) is 0 Å². The number of halogens is 1. The van der Waals surface area contributed by atoms with Crippen LogP contribution in [0.15, 0.2) is 0 Å². The van der Waals surface area contributed by atoms with E-state index in [1.807, 2.05) is 0 Å². The minimum Gasteiger partial charge on any atom is -0.377 e. The first-order valence-corrected chi connectivity index (χ1v) is 6.09. The standard InChI is InChI=1S/C10H16ClN3O4/c1-12-9(16)7-6-18-5-4-14(7)10(17)13-8(15)2-3-11/h7H,2-6H2,1H3,(H,12,16)(H,13,15,17). The van der Waals surface area contributed by atoms with Gasteiger partial charge in [0.05, 0.1) is 13.2 Å². The van der Waals surface area contributed by atoms with Gasteiger partial charge >= 0.3 is 6.03 Å². The number of carbonyl (C=O) groups is 3. The maximum atomic E-state index is 11.8. The van der Waals surface area contributed by atoms with Gasteiger partial charge in [0.25, 0.3) is 0 Å². The third-order valence-corrected chi connectivity index (χ3v) is 2.70. The van der Waals surface area contributed by atoms with Crippen LogP contribution in [0.5, 0.6) is 0 Å². The molecule has 1 aliphatic heterocycles. The lowest BCUT2D eigenvalue weighted by Gasteiger charge is -2.33. The van der Waals surface area contributed by atoms with Crippen molar-refractivity contribution in [1.82, 2.24) is 15.5 Å². The van der Waals surface area contributed by atoms with Crippen LogP contribution in [0.25, 0.3) is 0 Å². The van der Waals surface area contributed by atoms with E-state index in [1.165, 1.54) is 11.9 Å². The summed E-state index contributed by atoms with van der Waals surface area (Å²) in [6.07, 6.45) is 0.0578. The second-order valence-corrected chi connectivity index (χ2v) is 4.07. The Morgan fingerprint density at radius 2 is 2.17 bits per heavy atom. The fourth-order valence-electron chi connectivity index (χ4n) is 1.57. The van der Waals surface area contributed by atoms with Crippen molar-refractivity contribution in [3.63, 3.8) is 0 Å². The monoisotopic (exact) mass is 277 g/mol. The summed E-state index contributed by atoms with van der Waals surface area (Å²) in [6.45, 7) is 0.722. The largest absolute Gasteiger partial charge is 0.377 e. The van der Waals surface area contributed by atoms with E-state index in [1.54, 1.807) is 0 Å². The van der Waals surface area contributed by atoms with E-state index in [0.29, 0.717) is 6.61 Å². The van der Waals surface area contributed by atoms with Crippen molar-refractivity contribution in [2.45, 2.75) is 12.5 Å². The Morgan fingerprint density at radius 3 is 2.78 bits per heavy atom. The summed E-state index contributed by atoms with van der Waals surface area (Å²) in [5.74, 6) is -0.645. The summed E-state index contributed by atoms with van der Waals surface area (Å²) in [6, 6.07) is -1.31. The zero-order valence-corrected chi connectivity index (χ0v) is 10.8. The fourth-order valence-corrected chi connectivity index (χ4v) is 1.74. The normalized spacial score (nSPS) is 19.2. The summed E-state index contributed by atoms with van der Waals surface area (Å²) in [4.78, 5) is 36.0. The number of nitrogens with one attached hydrogen (secondary N) is 2. The molecule has 2 N–H and O–H groups in total. The number of imide groups is 1. The van der Waals surface area contributed by atoms with E-state index in [-0.39, 0.29) is 31.4 Å². The van der Waals surface area contributed by atoms with E-state index in [0.717, 1.165) is 0 Å². The van der Waals surface area contributed by atoms with Crippen LogP contribution in [0.3, 0.4) is 0 Å². The number of nitrogens with zero attached hydrogens (tertiary/aromatic N) is 1. The van der Waals surface area contributed by atoms with Gasteiger partial charge in [-0.2, -0.15) is 0 Å². The van der Waals surface area contributed by atoms with Gasteiger partial charge in [-0.3, -0.25) is 14.9 Å². The molecule has 0 spiro atoms. The van der Waals surface area contributed by atoms with Crippen LogP contribution in [-0.4, -0.2) is 61.5 Å². The molecule has 1 atom stereocenters. The van der Waals surface area contributed by atoms with E-state index in [4.69, 9.17) is 16.3 Å². The Labute approximate surface area is 110 Å². The maximum absolute atomic E-state index is 11.8. The molecule has 1 fully saturated rings. The minimum absolute atomic E-state index is 0.0578. The number of ether oxygens (including phenoxy) is 1. The Bertz CT molecular complexity index is 337. The number of urea groups is 1. The van der Waals surface area contributed by atoms with Gasteiger partial charge < -0.3 is 15.0 Å². The van der Waals surface area contributed by atoms with Crippen molar-refractivity contribution >= 4 is 29.4 Å². The van der Waals surface area contributed by atoms with Crippen LogP contribution in [0.2, 0.25) is 0 Å². The van der Waals surface area contributed by atoms with Crippen LogP contribution in [0, 0.1) is 0 Å². The third kappa shape index (κ3) is 3.85. The summed E-state index contributed by atoms with van der Waals surface area (Å²) in [5, 5.41) is 4.64. The molecule has 0 saturated carbocycles. The highest BCUT2D eigenvalue weighted by atomic mass is 35.5. The first kappa shape index (κ1) is 14.7. The highest BCUT2D eigenvalue weighted by molar-refractivity contribution is 6.19. The zero-order valence-electron chi connectivity index (χ0n) is 10.1. The third-order valence-electron chi connectivity index (χ3n) is 2.51. The molecule has 0 aromatic rings. The SMILES string of the molecule is CNC(=O)C1COCCN1C(=O)NC(=O)CCCl. The molecule has 1 rings (SSSR count). The second-order valence-electron chi connectivity index (χ2n) is 3.69. The van der Waals surface area contributed by atoms with Crippen molar-refractivity contribution in [2.75, 3.05) is 32.7 Å². The molecule has 0 radical (unpaired) electrons. The summed E-state index contributed by atoms with van der Waals surface area (Å²) < 4.78 is 5.15. The Kier molecular flexibility index (Phi) is 5.87. The molecule has 0 aliphatic carbocycles. The molecule has 1 aliphatic rings. The quantitative estimate of drug-likeness (QED) is 0.668. The van der Waals surface area contributed by atoms with Gasteiger partial charge in [-0.05, 0) is 0 Å². The van der Waals surface area contributed by atoms with Crippen LogP contribution in [0.4, 0.5) is 4.79 Å². The molecule has 0 aromatic heterocycles. The van der Waals surface area contributed by atoms with Crippen molar-refractivity contribution in [1.29, 1.82) is 0 Å². The molecule has 7 nitrogen and oxygen atoms in total. The van der Waals surface area contributed by atoms with Crippen LogP contribution in [0.1, 0.15) is 6.42 Å². The number of morpholine rings is 1. The van der Waals surface area contributed by atoms with E-state index < -0.39 is 18.0 Å². The van der Waals surface area contributed by atoms with Crippen molar-refractivity contribution < 1.29 is 19.1 Å². The smallest absolute Gasteiger partial charge is 0.324 e. The zero-order chi connectivity index (χ0) is 13.5. The molecule has 102 valence electrons. The van der Waals surface area contributed by atoms with Gasteiger partial charge in [0.2, 0.25) is 11.8 Å². The number of hydrogen-bond donors (Lipinski definition) is 2. The molecule has 1 saturated heterocycles. The molecular weight excluding hydrogens is 262 g/mol. The van der Waals surface area contributed by atoms with Crippen molar-refractivity contribution in [2.24, 2.45) is 0 Å². The van der Waals surface area contributed by atoms with E-state index >= 15 is 0 Å². The molecule has 18 heavy (non-hydrogen) atoms. The number of hydrogen-bond acceptors (Lipinski definition) is 4. The molecule has 1 heterocycles. The summed E-state index contributed by atoms with van der Waals surface area (Å²) in [5.41, 5.74) is 0. The molecular formula is C10H16ClN3O4. The van der Waals surface area contributed by atoms with E-state index in [9.17, 15) is 14.4 Å². The van der Waals surface area contributed by atoms with Gasteiger partial charge in [0, 0.05) is 25.9 Å². The predicted octanol–water partition coefficient (Wildman–Crippen LogP) is -0.702. The predicted molar refractivity (Wildman–Crippen MR) is 64.3 cm³/mol. The molecule has 1 unspecified atom stereocenters. The van der Waals surface area contributed by atoms with Crippen molar-refractivity contribution in [3.05, 3.63) is 0 Å². The van der Waals surface area contributed by atoms with Gasteiger partial charge in [-0.1, -0.05) is 0 Å². The first-order chi connectivity index (χ1) is 8.60. The second kappa shape index (κ2) is 7.17. The van der Waals surface area contributed by atoms with Crippen LogP contribution in [-0.2, 0) is 14.3 Å². The summed E-state index contributed by atoms with van der Waals surface area (Å²) in [7, 11) is 1.48. The lowest BCUT2D eigenvalue weighted by Crippen LogP contribution is -2.58. The number of alkyl halides is 1. The Hall–Kier alpha value is -1.34.